The van der Waals surface area contributed by atoms with Crippen LogP contribution in [0.5, 0.6) is 0 Å². The minimum atomic E-state index is -0.481. The van der Waals surface area contributed by atoms with E-state index < -0.39 is 5.54 Å². The van der Waals surface area contributed by atoms with Crippen molar-refractivity contribution < 1.29 is 9.59 Å². The van der Waals surface area contributed by atoms with E-state index in [1.807, 2.05) is 39.0 Å². The lowest BCUT2D eigenvalue weighted by Crippen LogP contribution is -2.61. The van der Waals surface area contributed by atoms with E-state index in [0.717, 1.165) is 19.3 Å². The number of carbonyl (C=O) groups excluding carboxylic acids is 2. The summed E-state index contributed by atoms with van der Waals surface area (Å²) in [5.41, 5.74) is 2.93. The first-order chi connectivity index (χ1) is 12.3. The third-order valence-electron chi connectivity index (χ3n) is 6.63. The van der Waals surface area contributed by atoms with E-state index in [-0.39, 0.29) is 17.2 Å². The molecule has 0 atom stereocenters. The first-order valence-electron chi connectivity index (χ1n) is 9.97. The Hall–Kier alpha value is -1.84. The normalized spacial score (nSPS) is 32.3. The minimum absolute atomic E-state index is 0.0656. The monoisotopic (exact) mass is 354 g/mol. The van der Waals surface area contributed by atoms with Crippen LogP contribution in [0, 0.1) is 23.2 Å². The Balaban J connectivity index is 1.56. The van der Waals surface area contributed by atoms with Crippen molar-refractivity contribution in [3.63, 3.8) is 0 Å². The van der Waals surface area contributed by atoms with Crippen molar-refractivity contribution in [1.82, 2.24) is 10.4 Å². The summed E-state index contributed by atoms with van der Waals surface area (Å²) in [6.45, 7) is 5.90. The van der Waals surface area contributed by atoms with Gasteiger partial charge in [0.2, 0.25) is 5.91 Å². The number of hydrogen-bond acceptors (Lipinski definition) is 2. The van der Waals surface area contributed by atoms with Gasteiger partial charge < -0.3 is 0 Å². The van der Waals surface area contributed by atoms with Gasteiger partial charge in [-0.1, -0.05) is 18.2 Å². The van der Waals surface area contributed by atoms with Crippen molar-refractivity contribution in [2.75, 3.05) is 0 Å². The molecule has 2 amide bonds. The number of amides is 2. The Kier molecular flexibility index (Phi) is 4.13. The van der Waals surface area contributed by atoms with Crippen molar-refractivity contribution in [3.8, 4) is 0 Å². The molecule has 1 aromatic rings. The maximum atomic E-state index is 13.4. The highest BCUT2D eigenvalue weighted by Crippen LogP contribution is 2.60. The molecule has 0 aromatic heterocycles. The molecule has 0 spiro atoms. The van der Waals surface area contributed by atoms with E-state index >= 15 is 0 Å². The van der Waals surface area contributed by atoms with Crippen LogP contribution >= 0.6 is 0 Å². The molecule has 4 aliphatic carbocycles. The molecule has 1 aromatic carbocycles. The van der Waals surface area contributed by atoms with Gasteiger partial charge in [0.05, 0.1) is 11.0 Å². The molecule has 0 saturated heterocycles. The van der Waals surface area contributed by atoms with Crippen molar-refractivity contribution in [1.29, 1.82) is 0 Å². The highest BCUT2D eigenvalue weighted by Gasteiger charge is 2.55. The average Bonchev–Trinajstić information content (AvgIpc) is 2.57. The lowest BCUT2D eigenvalue weighted by molar-refractivity contribution is -0.152. The molecule has 5 rings (SSSR count). The fraction of sp³-hybridized carbons (Fsp3) is 0.636. The summed E-state index contributed by atoms with van der Waals surface area (Å²) in [6, 6.07) is 9.21. The van der Waals surface area contributed by atoms with Gasteiger partial charge in [0.25, 0.3) is 5.91 Å². The fourth-order valence-electron chi connectivity index (χ4n) is 5.84. The van der Waals surface area contributed by atoms with E-state index in [2.05, 4.69) is 5.43 Å². The number of benzene rings is 1. The number of hydrazine groups is 1. The van der Waals surface area contributed by atoms with Crippen molar-refractivity contribution in [2.45, 2.75) is 64.8 Å². The average molecular weight is 354 g/mol. The van der Waals surface area contributed by atoms with Crippen LogP contribution in [0.25, 0.3) is 0 Å². The molecule has 4 nitrogen and oxygen atoms in total. The summed E-state index contributed by atoms with van der Waals surface area (Å²) in [5.74, 6) is 2.05. The number of nitrogens with zero attached hydrogens (tertiary/aromatic N) is 1. The quantitative estimate of drug-likeness (QED) is 0.810. The predicted octanol–water partition coefficient (Wildman–Crippen LogP) is 4.17. The molecular formula is C22H30N2O2. The highest BCUT2D eigenvalue weighted by atomic mass is 16.2. The molecule has 140 valence electrons. The van der Waals surface area contributed by atoms with Gasteiger partial charge in [0, 0.05) is 5.56 Å². The first kappa shape index (κ1) is 17.6. The van der Waals surface area contributed by atoms with Gasteiger partial charge in [-0.05, 0) is 89.2 Å². The van der Waals surface area contributed by atoms with Crippen LogP contribution in [0.3, 0.4) is 0 Å². The van der Waals surface area contributed by atoms with E-state index in [1.54, 1.807) is 17.1 Å². The topological polar surface area (TPSA) is 49.4 Å². The Morgan fingerprint density at radius 2 is 1.46 bits per heavy atom. The van der Waals surface area contributed by atoms with Crippen LogP contribution in [0.4, 0.5) is 0 Å². The maximum Gasteiger partial charge on any atom is 0.272 e. The summed E-state index contributed by atoms with van der Waals surface area (Å²) < 4.78 is 0. The fourth-order valence-corrected chi connectivity index (χ4v) is 5.84. The van der Waals surface area contributed by atoms with E-state index in [0.29, 0.717) is 23.3 Å². The summed E-state index contributed by atoms with van der Waals surface area (Å²) in [7, 11) is 0. The Bertz CT molecular complexity index is 669. The number of carbonyl (C=O) groups is 2. The number of rotatable bonds is 2. The molecule has 4 aliphatic rings. The van der Waals surface area contributed by atoms with Gasteiger partial charge in [-0.2, -0.15) is 0 Å². The van der Waals surface area contributed by atoms with Gasteiger partial charge in [0.1, 0.15) is 0 Å². The van der Waals surface area contributed by atoms with Gasteiger partial charge in [-0.3, -0.25) is 15.0 Å². The molecule has 0 heterocycles. The van der Waals surface area contributed by atoms with Crippen LogP contribution in [0.2, 0.25) is 0 Å². The van der Waals surface area contributed by atoms with E-state index in [9.17, 15) is 9.59 Å². The number of nitrogens with one attached hydrogen (secondary N) is 1. The van der Waals surface area contributed by atoms with Gasteiger partial charge >= 0.3 is 0 Å². The second-order valence-corrected chi connectivity index (χ2v) is 9.82. The highest BCUT2D eigenvalue weighted by molar-refractivity contribution is 5.96. The molecule has 0 radical (unpaired) electrons. The zero-order valence-electron chi connectivity index (χ0n) is 16.1. The van der Waals surface area contributed by atoms with Crippen LogP contribution in [-0.2, 0) is 4.79 Å². The van der Waals surface area contributed by atoms with Gasteiger partial charge in [-0.25, -0.2) is 5.01 Å². The Morgan fingerprint density at radius 3 is 1.92 bits per heavy atom. The molecule has 4 fully saturated rings. The molecule has 4 heteroatoms. The SMILES string of the molecule is CC(C)(C)N(NC(=O)C12CC3CC(CC(C3)C1)C2)C(=O)c1ccccc1. The molecule has 1 N–H and O–H groups in total. The largest absolute Gasteiger partial charge is 0.273 e. The van der Waals surface area contributed by atoms with Crippen LogP contribution in [0.1, 0.15) is 69.7 Å². The summed E-state index contributed by atoms with van der Waals surface area (Å²) in [6.07, 6.45) is 6.92. The van der Waals surface area contributed by atoms with Gasteiger partial charge in [0.15, 0.2) is 0 Å². The molecule has 4 saturated carbocycles. The van der Waals surface area contributed by atoms with Crippen molar-refractivity contribution in [3.05, 3.63) is 35.9 Å². The van der Waals surface area contributed by atoms with E-state index in [4.69, 9.17) is 0 Å². The van der Waals surface area contributed by atoms with Crippen molar-refractivity contribution in [2.24, 2.45) is 23.2 Å². The standard InChI is InChI=1S/C22H30N2O2/c1-21(2,3)24(19(25)18-7-5-4-6-8-18)23-20(26)22-12-15-9-16(13-22)11-17(10-15)14-22/h4-8,15-17H,9-14H2,1-3H3,(H,23,26). The lowest BCUT2D eigenvalue weighted by atomic mass is 9.49. The summed E-state index contributed by atoms with van der Waals surface area (Å²) >= 11 is 0. The maximum absolute atomic E-state index is 13.4. The minimum Gasteiger partial charge on any atom is -0.273 e. The zero-order chi connectivity index (χ0) is 18.5. The zero-order valence-corrected chi connectivity index (χ0v) is 16.1. The molecular weight excluding hydrogens is 324 g/mol. The molecule has 0 aliphatic heterocycles. The third-order valence-corrected chi connectivity index (χ3v) is 6.63. The summed E-state index contributed by atoms with van der Waals surface area (Å²) in [4.78, 5) is 26.4. The molecule has 26 heavy (non-hydrogen) atoms. The van der Waals surface area contributed by atoms with Crippen LogP contribution in [0.15, 0.2) is 30.3 Å². The smallest absolute Gasteiger partial charge is 0.272 e. The van der Waals surface area contributed by atoms with E-state index in [1.165, 1.54) is 19.3 Å². The van der Waals surface area contributed by atoms with Crippen LogP contribution in [-0.4, -0.2) is 22.4 Å². The van der Waals surface area contributed by atoms with Gasteiger partial charge in [-0.15, -0.1) is 0 Å². The predicted molar refractivity (Wildman–Crippen MR) is 101 cm³/mol. The second kappa shape index (κ2) is 6.11. The Labute approximate surface area is 156 Å². The van der Waals surface area contributed by atoms with Crippen LogP contribution < -0.4 is 5.43 Å². The molecule has 4 bridgehead atoms. The lowest BCUT2D eigenvalue weighted by Gasteiger charge is -2.56. The van der Waals surface area contributed by atoms with Crippen molar-refractivity contribution >= 4 is 11.8 Å². The first-order valence-corrected chi connectivity index (χ1v) is 9.97. The Morgan fingerprint density at radius 1 is 0.962 bits per heavy atom. The summed E-state index contributed by atoms with van der Waals surface area (Å²) in [5, 5.41) is 1.54. The molecule has 0 unspecified atom stereocenters. The second-order valence-electron chi connectivity index (χ2n) is 9.82. The third kappa shape index (κ3) is 3.04. The number of hydrogen-bond donors (Lipinski definition) is 1.